The number of rotatable bonds is 5. The van der Waals surface area contributed by atoms with Crippen molar-refractivity contribution in [2.45, 2.75) is 64.5 Å². The number of nitrogens with zero attached hydrogens (tertiary/aromatic N) is 2. The standard InChI is InChI=1S/C20H33N3O2/c1-15(2)3-6-19(24)23-13-9-18(10-14-23)22-11-7-16(8-12-22)20(25)21-17-4-5-17/h3,6,15-18H,4-5,7-14H2,1-2H3,(H,21,25)/b6-3+. The molecular formula is C20H33N3O2. The molecule has 0 atom stereocenters. The van der Waals surface area contributed by atoms with Gasteiger partial charge >= 0.3 is 0 Å². The highest BCUT2D eigenvalue weighted by molar-refractivity contribution is 5.87. The van der Waals surface area contributed by atoms with Gasteiger partial charge in [0.1, 0.15) is 0 Å². The Morgan fingerprint density at radius 3 is 2.16 bits per heavy atom. The quantitative estimate of drug-likeness (QED) is 0.776. The topological polar surface area (TPSA) is 52.7 Å². The van der Waals surface area contributed by atoms with E-state index in [0.717, 1.165) is 64.7 Å². The van der Waals surface area contributed by atoms with Gasteiger partial charge in [-0.2, -0.15) is 0 Å². The number of allylic oxidation sites excluding steroid dienone is 1. The van der Waals surface area contributed by atoms with E-state index in [4.69, 9.17) is 0 Å². The molecule has 0 spiro atoms. The third-order valence-corrected chi connectivity index (χ3v) is 5.74. The monoisotopic (exact) mass is 347 g/mol. The van der Waals surface area contributed by atoms with E-state index in [1.54, 1.807) is 6.08 Å². The lowest BCUT2D eigenvalue weighted by Crippen LogP contribution is -2.50. The number of hydrogen-bond acceptors (Lipinski definition) is 3. The van der Waals surface area contributed by atoms with Crippen LogP contribution in [0.4, 0.5) is 0 Å². The van der Waals surface area contributed by atoms with Crippen molar-refractivity contribution >= 4 is 11.8 Å². The third-order valence-electron chi connectivity index (χ3n) is 5.74. The molecule has 1 aliphatic carbocycles. The zero-order chi connectivity index (χ0) is 17.8. The summed E-state index contributed by atoms with van der Waals surface area (Å²) in [6, 6.07) is 1.04. The predicted molar refractivity (Wildman–Crippen MR) is 99.0 cm³/mol. The molecule has 5 heteroatoms. The summed E-state index contributed by atoms with van der Waals surface area (Å²) in [7, 11) is 0. The van der Waals surface area contributed by atoms with Gasteiger partial charge in [-0.1, -0.05) is 19.9 Å². The number of likely N-dealkylation sites (tertiary alicyclic amines) is 2. The summed E-state index contributed by atoms with van der Waals surface area (Å²) < 4.78 is 0. The third kappa shape index (κ3) is 5.30. The molecule has 0 aromatic carbocycles. The van der Waals surface area contributed by atoms with Crippen molar-refractivity contribution in [3.8, 4) is 0 Å². The summed E-state index contributed by atoms with van der Waals surface area (Å²) in [6.07, 6.45) is 10.1. The van der Waals surface area contributed by atoms with Crippen LogP contribution >= 0.6 is 0 Å². The van der Waals surface area contributed by atoms with Crippen molar-refractivity contribution in [2.75, 3.05) is 26.2 Å². The van der Waals surface area contributed by atoms with E-state index in [1.807, 2.05) is 11.0 Å². The van der Waals surface area contributed by atoms with Crippen LogP contribution in [0.25, 0.3) is 0 Å². The molecule has 3 aliphatic rings. The van der Waals surface area contributed by atoms with Gasteiger partial charge in [-0.3, -0.25) is 9.59 Å². The van der Waals surface area contributed by atoms with Crippen LogP contribution < -0.4 is 5.32 Å². The Balaban J connectivity index is 1.38. The number of hydrogen-bond donors (Lipinski definition) is 1. The molecule has 5 nitrogen and oxygen atoms in total. The van der Waals surface area contributed by atoms with Crippen LogP contribution in [0.1, 0.15) is 52.4 Å². The molecule has 0 aromatic heterocycles. The molecule has 0 radical (unpaired) electrons. The van der Waals surface area contributed by atoms with Gasteiger partial charge in [0.15, 0.2) is 0 Å². The molecule has 3 rings (SSSR count). The lowest BCUT2D eigenvalue weighted by molar-refractivity contribution is -0.129. The van der Waals surface area contributed by atoms with Crippen molar-refractivity contribution in [3.05, 3.63) is 12.2 Å². The Hall–Kier alpha value is -1.36. The largest absolute Gasteiger partial charge is 0.353 e. The Labute approximate surface area is 151 Å². The summed E-state index contributed by atoms with van der Waals surface area (Å²) >= 11 is 0. The maximum atomic E-state index is 12.2. The van der Waals surface area contributed by atoms with Crippen LogP contribution in [-0.4, -0.2) is 59.9 Å². The van der Waals surface area contributed by atoms with Crippen LogP contribution in [-0.2, 0) is 9.59 Å². The molecule has 1 saturated carbocycles. The predicted octanol–water partition coefficient (Wildman–Crippen LogP) is 2.18. The highest BCUT2D eigenvalue weighted by Crippen LogP contribution is 2.26. The van der Waals surface area contributed by atoms with Gasteiger partial charge in [0.2, 0.25) is 11.8 Å². The number of piperidine rings is 2. The average Bonchev–Trinajstić information content (AvgIpc) is 3.44. The second kappa shape index (κ2) is 8.35. The van der Waals surface area contributed by atoms with Gasteiger partial charge in [-0.25, -0.2) is 0 Å². The molecule has 0 bridgehead atoms. The van der Waals surface area contributed by atoms with Gasteiger partial charge in [0.25, 0.3) is 0 Å². The highest BCUT2D eigenvalue weighted by atomic mass is 16.2. The van der Waals surface area contributed by atoms with Crippen molar-refractivity contribution in [3.63, 3.8) is 0 Å². The molecular weight excluding hydrogens is 314 g/mol. The van der Waals surface area contributed by atoms with E-state index in [-0.39, 0.29) is 17.7 Å². The summed E-state index contributed by atoms with van der Waals surface area (Å²) in [5, 5.41) is 3.15. The van der Waals surface area contributed by atoms with E-state index in [9.17, 15) is 9.59 Å². The second-order valence-corrected chi connectivity index (χ2v) is 8.25. The fourth-order valence-electron chi connectivity index (χ4n) is 3.91. The zero-order valence-corrected chi connectivity index (χ0v) is 15.7. The van der Waals surface area contributed by atoms with Crippen LogP contribution in [0.3, 0.4) is 0 Å². The number of amides is 2. The zero-order valence-electron chi connectivity index (χ0n) is 15.7. The molecule has 0 aromatic rings. The van der Waals surface area contributed by atoms with Gasteiger partial charge in [0, 0.05) is 31.1 Å². The first-order chi connectivity index (χ1) is 12.0. The van der Waals surface area contributed by atoms with Gasteiger partial charge < -0.3 is 15.1 Å². The SMILES string of the molecule is CC(C)/C=C/C(=O)N1CCC(N2CCC(C(=O)NC3CC3)CC2)CC1. The summed E-state index contributed by atoms with van der Waals surface area (Å²) in [4.78, 5) is 28.9. The summed E-state index contributed by atoms with van der Waals surface area (Å²) in [5.74, 6) is 1.06. The molecule has 2 saturated heterocycles. The summed E-state index contributed by atoms with van der Waals surface area (Å²) in [5.41, 5.74) is 0. The minimum atomic E-state index is 0.155. The first-order valence-electron chi connectivity index (χ1n) is 10.0. The van der Waals surface area contributed by atoms with E-state index >= 15 is 0 Å². The van der Waals surface area contributed by atoms with Crippen molar-refractivity contribution in [1.29, 1.82) is 0 Å². The maximum Gasteiger partial charge on any atom is 0.246 e. The van der Waals surface area contributed by atoms with Crippen molar-refractivity contribution < 1.29 is 9.59 Å². The van der Waals surface area contributed by atoms with Crippen LogP contribution in [0, 0.1) is 11.8 Å². The average molecular weight is 348 g/mol. The van der Waals surface area contributed by atoms with Crippen LogP contribution in [0.5, 0.6) is 0 Å². The molecule has 1 N–H and O–H groups in total. The molecule has 2 heterocycles. The number of carbonyl (C=O) groups excluding carboxylic acids is 2. The molecule has 2 amide bonds. The maximum absolute atomic E-state index is 12.2. The number of nitrogens with one attached hydrogen (secondary N) is 1. The van der Waals surface area contributed by atoms with Gasteiger partial charge in [-0.15, -0.1) is 0 Å². The number of carbonyl (C=O) groups is 2. The Bertz CT molecular complexity index is 497. The highest BCUT2D eigenvalue weighted by Gasteiger charge is 2.33. The minimum Gasteiger partial charge on any atom is -0.353 e. The second-order valence-electron chi connectivity index (χ2n) is 8.25. The lowest BCUT2D eigenvalue weighted by atomic mass is 9.92. The van der Waals surface area contributed by atoms with Crippen LogP contribution in [0.15, 0.2) is 12.2 Å². The molecule has 3 fully saturated rings. The van der Waals surface area contributed by atoms with E-state index in [0.29, 0.717) is 18.0 Å². The van der Waals surface area contributed by atoms with E-state index in [1.165, 1.54) is 0 Å². The first-order valence-corrected chi connectivity index (χ1v) is 10.0. The van der Waals surface area contributed by atoms with E-state index in [2.05, 4.69) is 24.1 Å². The molecule has 140 valence electrons. The molecule has 0 unspecified atom stereocenters. The first kappa shape index (κ1) is 18.4. The fraction of sp³-hybridized carbons (Fsp3) is 0.800. The molecule has 2 aliphatic heterocycles. The smallest absolute Gasteiger partial charge is 0.246 e. The summed E-state index contributed by atoms with van der Waals surface area (Å²) in [6.45, 7) is 7.93. The lowest BCUT2D eigenvalue weighted by Gasteiger charge is -2.41. The molecule has 25 heavy (non-hydrogen) atoms. The Kier molecular flexibility index (Phi) is 6.15. The van der Waals surface area contributed by atoms with Crippen molar-refractivity contribution in [1.82, 2.24) is 15.1 Å². The van der Waals surface area contributed by atoms with E-state index < -0.39 is 0 Å². The van der Waals surface area contributed by atoms with Gasteiger partial charge in [0.05, 0.1) is 0 Å². The Morgan fingerprint density at radius 2 is 1.60 bits per heavy atom. The fourth-order valence-corrected chi connectivity index (χ4v) is 3.91. The van der Waals surface area contributed by atoms with Crippen molar-refractivity contribution in [2.24, 2.45) is 11.8 Å². The van der Waals surface area contributed by atoms with Gasteiger partial charge in [-0.05, 0) is 63.6 Å². The minimum absolute atomic E-state index is 0.155. The Morgan fingerprint density at radius 1 is 0.960 bits per heavy atom. The van der Waals surface area contributed by atoms with Crippen LogP contribution in [0.2, 0.25) is 0 Å². The normalized spacial score (nSPS) is 24.2.